The highest BCUT2D eigenvalue weighted by Crippen LogP contribution is 2.22. The Labute approximate surface area is 147 Å². The van der Waals surface area contributed by atoms with Gasteiger partial charge in [-0.1, -0.05) is 11.8 Å². The quantitative estimate of drug-likeness (QED) is 0.635. The average molecular weight is 353 g/mol. The molecule has 1 aliphatic rings. The third-order valence-electron chi connectivity index (χ3n) is 3.71. The molecule has 0 unspecified atom stereocenters. The molecule has 1 aliphatic heterocycles. The maximum atomic E-state index is 12.2. The molecule has 1 saturated heterocycles. The minimum Gasteiger partial charge on any atom is -0.444 e. The summed E-state index contributed by atoms with van der Waals surface area (Å²) in [6.07, 6.45) is 5.34. The fourth-order valence-corrected chi connectivity index (χ4v) is 2.92. The molecule has 2 heterocycles. The van der Waals surface area contributed by atoms with E-state index in [1.807, 2.05) is 27.0 Å². The van der Waals surface area contributed by atoms with Crippen LogP contribution in [0, 0.1) is 5.92 Å². The summed E-state index contributed by atoms with van der Waals surface area (Å²) in [5.41, 5.74) is 5.99. The van der Waals surface area contributed by atoms with Gasteiger partial charge in [0.15, 0.2) is 11.0 Å². The average Bonchev–Trinajstić information content (AvgIpc) is 2.53. The minimum absolute atomic E-state index is 0.238. The highest BCUT2D eigenvalue weighted by atomic mass is 32.2. The molecular formula is C16H27N5O2S. The Morgan fingerprint density at radius 2 is 2.29 bits per heavy atom. The number of anilines is 2. The van der Waals surface area contributed by atoms with Crippen molar-refractivity contribution in [3.05, 3.63) is 6.20 Å². The molecule has 1 aromatic heterocycles. The number of hydrogen-bond acceptors (Lipinski definition) is 7. The topological polar surface area (TPSA) is 93.4 Å². The first-order valence-electron chi connectivity index (χ1n) is 8.17. The van der Waals surface area contributed by atoms with Crippen molar-refractivity contribution in [3.8, 4) is 0 Å². The second-order valence-corrected chi connectivity index (χ2v) is 7.75. The van der Waals surface area contributed by atoms with E-state index in [0.29, 0.717) is 35.7 Å². The molecule has 0 spiro atoms. The molecule has 1 aromatic rings. The number of amides is 1. The van der Waals surface area contributed by atoms with Crippen LogP contribution in [0.5, 0.6) is 0 Å². The van der Waals surface area contributed by atoms with Crippen LogP contribution in [0.3, 0.4) is 0 Å². The number of nitrogens with one attached hydrogen (secondary N) is 1. The van der Waals surface area contributed by atoms with E-state index >= 15 is 0 Å². The van der Waals surface area contributed by atoms with E-state index < -0.39 is 5.60 Å². The van der Waals surface area contributed by atoms with Crippen molar-refractivity contribution in [2.75, 3.05) is 36.9 Å². The van der Waals surface area contributed by atoms with Crippen LogP contribution < -0.4 is 11.1 Å². The SMILES string of the molecule is CSc1ncc(N)c(NC[C@@H]2CCCN(C(=O)OC(C)(C)C)C2)n1. The monoisotopic (exact) mass is 353 g/mol. The van der Waals surface area contributed by atoms with E-state index in [0.717, 1.165) is 19.4 Å². The molecule has 0 aromatic carbocycles. The van der Waals surface area contributed by atoms with Gasteiger partial charge >= 0.3 is 6.09 Å². The number of nitrogens with two attached hydrogens (primary N) is 1. The van der Waals surface area contributed by atoms with E-state index in [1.54, 1.807) is 11.1 Å². The molecule has 1 atom stereocenters. The van der Waals surface area contributed by atoms with Crippen LogP contribution in [0.15, 0.2) is 11.4 Å². The van der Waals surface area contributed by atoms with Gasteiger partial charge in [-0.05, 0) is 45.8 Å². The first-order chi connectivity index (χ1) is 11.3. The van der Waals surface area contributed by atoms with E-state index in [-0.39, 0.29) is 6.09 Å². The molecule has 1 fully saturated rings. The first kappa shape index (κ1) is 18.6. The summed E-state index contributed by atoms with van der Waals surface area (Å²) in [5.74, 6) is 1.00. The number of piperidine rings is 1. The Balaban J connectivity index is 1.90. The summed E-state index contributed by atoms with van der Waals surface area (Å²) in [4.78, 5) is 22.5. The fourth-order valence-electron chi connectivity index (χ4n) is 2.58. The summed E-state index contributed by atoms with van der Waals surface area (Å²) in [5, 5.41) is 3.98. The molecule has 0 aliphatic carbocycles. The summed E-state index contributed by atoms with van der Waals surface area (Å²) < 4.78 is 5.46. The molecule has 3 N–H and O–H groups in total. The lowest BCUT2D eigenvalue weighted by atomic mass is 9.98. The number of rotatable bonds is 4. The van der Waals surface area contributed by atoms with Crippen LogP contribution in [-0.2, 0) is 4.74 Å². The molecule has 134 valence electrons. The van der Waals surface area contributed by atoms with Crippen LogP contribution in [0.2, 0.25) is 0 Å². The van der Waals surface area contributed by atoms with Crippen LogP contribution in [0.25, 0.3) is 0 Å². The molecule has 0 radical (unpaired) electrons. The molecule has 8 heteroatoms. The summed E-state index contributed by atoms with van der Waals surface area (Å²) in [6, 6.07) is 0. The molecule has 7 nitrogen and oxygen atoms in total. The third-order valence-corrected chi connectivity index (χ3v) is 4.27. The molecule has 2 rings (SSSR count). The predicted octanol–water partition coefficient (Wildman–Crippen LogP) is 2.84. The second-order valence-electron chi connectivity index (χ2n) is 6.98. The first-order valence-corrected chi connectivity index (χ1v) is 9.39. The number of likely N-dealkylation sites (tertiary alicyclic amines) is 1. The summed E-state index contributed by atoms with van der Waals surface area (Å²) >= 11 is 1.48. The summed E-state index contributed by atoms with van der Waals surface area (Å²) in [7, 11) is 0. The molecule has 0 saturated carbocycles. The Kier molecular flexibility index (Phi) is 6.15. The number of hydrogen-bond donors (Lipinski definition) is 2. The van der Waals surface area contributed by atoms with Gasteiger partial charge in [0.05, 0.1) is 11.9 Å². The number of ether oxygens (including phenoxy) is 1. The number of nitrogens with zero attached hydrogens (tertiary/aromatic N) is 3. The van der Waals surface area contributed by atoms with Gasteiger partial charge in [-0.2, -0.15) is 0 Å². The van der Waals surface area contributed by atoms with Crippen molar-refractivity contribution in [1.82, 2.24) is 14.9 Å². The maximum absolute atomic E-state index is 12.2. The zero-order chi connectivity index (χ0) is 17.7. The van der Waals surface area contributed by atoms with E-state index in [4.69, 9.17) is 10.5 Å². The predicted molar refractivity (Wildman–Crippen MR) is 97.2 cm³/mol. The number of carbonyl (C=O) groups is 1. The van der Waals surface area contributed by atoms with E-state index in [1.165, 1.54) is 11.8 Å². The van der Waals surface area contributed by atoms with Gasteiger partial charge in [0, 0.05) is 19.6 Å². The zero-order valence-corrected chi connectivity index (χ0v) is 15.7. The fraction of sp³-hybridized carbons (Fsp3) is 0.688. The van der Waals surface area contributed by atoms with Crippen molar-refractivity contribution in [3.63, 3.8) is 0 Å². The zero-order valence-electron chi connectivity index (χ0n) is 14.8. The van der Waals surface area contributed by atoms with Crippen molar-refractivity contribution >= 4 is 29.4 Å². The Morgan fingerprint density at radius 3 is 2.96 bits per heavy atom. The van der Waals surface area contributed by atoms with Gasteiger partial charge in [-0.25, -0.2) is 14.8 Å². The normalized spacial score (nSPS) is 18.3. The standard InChI is InChI=1S/C16H27N5O2S/c1-16(2,3)23-15(22)21-7-5-6-11(10-21)8-18-13-12(17)9-19-14(20-13)24-4/h9,11H,5-8,10,17H2,1-4H3,(H,18,19,20)/t11-/m0/s1. The lowest BCUT2D eigenvalue weighted by Crippen LogP contribution is -2.44. The number of carbonyl (C=O) groups excluding carboxylic acids is 1. The van der Waals surface area contributed by atoms with Gasteiger partial charge in [-0.15, -0.1) is 0 Å². The van der Waals surface area contributed by atoms with Crippen molar-refractivity contribution in [1.29, 1.82) is 0 Å². The molecular weight excluding hydrogens is 326 g/mol. The Morgan fingerprint density at radius 1 is 1.54 bits per heavy atom. The van der Waals surface area contributed by atoms with Gasteiger partial charge in [0.2, 0.25) is 0 Å². The van der Waals surface area contributed by atoms with Crippen molar-refractivity contribution in [2.24, 2.45) is 5.92 Å². The molecule has 24 heavy (non-hydrogen) atoms. The second kappa shape index (κ2) is 7.92. The number of aromatic nitrogens is 2. The van der Waals surface area contributed by atoms with Crippen LogP contribution in [-0.4, -0.2) is 52.5 Å². The van der Waals surface area contributed by atoms with Gasteiger partial charge in [-0.3, -0.25) is 0 Å². The highest BCUT2D eigenvalue weighted by Gasteiger charge is 2.27. The largest absolute Gasteiger partial charge is 0.444 e. The highest BCUT2D eigenvalue weighted by molar-refractivity contribution is 7.98. The molecule has 0 bridgehead atoms. The third kappa shape index (κ3) is 5.43. The smallest absolute Gasteiger partial charge is 0.410 e. The number of thioether (sulfide) groups is 1. The Bertz CT molecular complexity index is 576. The number of nitrogen functional groups attached to an aromatic ring is 1. The van der Waals surface area contributed by atoms with Gasteiger partial charge in [0.25, 0.3) is 0 Å². The Hall–Kier alpha value is -1.70. The van der Waals surface area contributed by atoms with Crippen molar-refractivity contribution < 1.29 is 9.53 Å². The maximum Gasteiger partial charge on any atom is 0.410 e. The minimum atomic E-state index is -0.466. The lowest BCUT2D eigenvalue weighted by molar-refractivity contribution is 0.0172. The van der Waals surface area contributed by atoms with Crippen LogP contribution >= 0.6 is 11.8 Å². The van der Waals surface area contributed by atoms with E-state index in [9.17, 15) is 4.79 Å². The van der Waals surface area contributed by atoms with Crippen LogP contribution in [0.4, 0.5) is 16.3 Å². The van der Waals surface area contributed by atoms with Gasteiger partial charge < -0.3 is 20.7 Å². The molecule has 1 amide bonds. The van der Waals surface area contributed by atoms with E-state index in [2.05, 4.69) is 15.3 Å². The van der Waals surface area contributed by atoms with Crippen LogP contribution in [0.1, 0.15) is 33.6 Å². The van der Waals surface area contributed by atoms with Gasteiger partial charge in [0.1, 0.15) is 5.60 Å². The van der Waals surface area contributed by atoms with Crippen molar-refractivity contribution in [2.45, 2.75) is 44.4 Å². The lowest BCUT2D eigenvalue weighted by Gasteiger charge is -2.34. The summed E-state index contributed by atoms with van der Waals surface area (Å²) in [6.45, 7) is 7.80.